The van der Waals surface area contributed by atoms with Crippen LogP contribution in [0.1, 0.15) is 107 Å². The van der Waals surface area contributed by atoms with Crippen LogP contribution in [0.2, 0.25) is 0 Å². The predicted octanol–water partition coefficient (Wildman–Crippen LogP) is 3.03. The fourth-order valence-electron chi connectivity index (χ4n) is 13.3. The second-order valence-electron chi connectivity index (χ2n) is 19.9. The Labute approximate surface area is 335 Å². The van der Waals surface area contributed by atoms with Gasteiger partial charge in [0.1, 0.15) is 36.6 Å². The van der Waals surface area contributed by atoms with Gasteiger partial charge in [-0.15, -0.1) is 0 Å². The van der Waals surface area contributed by atoms with Crippen molar-refractivity contribution in [1.29, 1.82) is 0 Å². The first-order valence-corrected chi connectivity index (χ1v) is 20.6. The molecule has 6 rings (SSSR count). The smallest absolute Gasteiger partial charge is 0.335 e. The molecule has 6 aliphatic rings. The number of rotatable bonds is 8. The third kappa shape index (κ3) is 6.37. The number of hydrogen-bond acceptors (Lipinski definition) is 13. The van der Waals surface area contributed by atoms with Gasteiger partial charge in [0.05, 0.1) is 24.7 Å². The molecule has 14 nitrogen and oxygen atoms in total. The molecule has 4 saturated carbocycles. The maximum atomic E-state index is 13.1. The van der Waals surface area contributed by atoms with Crippen LogP contribution in [0.25, 0.3) is 0 Å². The molecule has 0 aromatic heterocycles. The Balaban J connectivity index is 1.37. The number of carbonyl (C=O) groups is 3. The Morgan fingerprint density at radius 1 is 0.860 bits per heavy atom. The summed E-state index contributed by atoms with van der Waals surface area (Å²) in [5.41, 5.74) is -2.69. The molecule has 57 heavy (non-hydrogen) atoms. The average molecular weight is 807 g/mol. The normalized spacial score (nSPS) is 49.2. The summed E-state index contributed by atoms with van der Waals surface area (Å²) < 4.78 is 24.0. The maximum absolute atomic E-state index is 13.1. The fraction of sp³-hybridized carbons (Fsp3) is 0.837. The molecule has 3 unspecified atom stereocenters. The van der Waals surface area contributed by atoms with E-state index in [9.17, 15) is 50.1 Å². The van der Waals surface area contributed by atoms with Crippen LogP contribution < -0.4 is 0 Å². The molecule has 5 fully saturated rings. The summed E-state index contributed by atoms with van der Waals surface area (Å²) in [4.78, 5) is 37.9. The fourth-order valence-corrected chi connectivity index (χ4v) is 13.3. The second kappa shape index (κ2) is 14.9. The largest absolute Gasteiger partial charge is 0.479 e. The number of hydrogen-bond donors (Lipinski definition) is 7. The van der Waals surface area contributed by atoms with Gasteiger partial charge in [-0.05, 0) is 92.8 Å². The lowest BCUT2D eigenvalue weighted by Gasteiger charge is -2.72. The van der Waals surface area contributed by atoms with Crippen LogP contribution in [-0.2, 0) is 33.3 Å². The van der Waals surface area contributed by atoms with E-state index in [0.29, 0.717) is 44.1 Å². The first-order valence-electron chi connectivity index (χ1n) is 20.6. The Bertz CT molecular complexity index is 1660. The molecule has 0 radical (unpaired) electrons. The lowest BCUT2D eigenvalue weighted by Crippen LogP contribution is -2.72. The Hall–Kier alpha value is -2.43. The lowest BCUT2D eigenvalue weighted by atomic mass is 9.33. The molecule has 17 atom stereocenters. The summed E-state index contributed by atoms with van der Waals surface area (Å²) in [6.07, 6.45) is -4.74. The van der Waals surface area contributed by atoms with E-state index in [-0.39, 0.29) is 29.3 Å². The minimum absolute atomic E-state index is 0.0767. The zero-order valence-corrected chi connectivity index (χ0v) is 34.9. The molecule has 0 spiro atoms. The molecule has 1 heterocycles. The Morgan fingerprint density at radius 3 is 2.11 bits per heavy atom. The van der Waals surface area contributed by atoms with Crippen molar-refractivity contribution in [2.24, 2.45) is 50.2 Å². The summed E-state index contributed by atoms with van der Waals surface area (Å²) in [6, 6.07) is 0. The Kier molecular flexibility index (Phi) is 11.6. The highest BCUT2D eigenvalue weighted by molar-refractivity contribution is 5.87. The van der Waals surface area contributed by atoms with E-state index < -0.39 is 107 Å². The van der Waals surface area contributed by atoms with Crippen LogP contribution >= 0.6 is 0 Å². The molecule has 0 aromatic rings. The van der Waals surface area contributed by atoms with Gasteiger partial charge in [0.25, 0.3) is 0 Å². The highest BCUT2D eigenvalue weighted by atomic mass is 16.7. The van der Waals surface area contributed by atoms with Crippen molar-refractivity contribution in [2.75, 3.05) is 13.2 Å². The van der Waals surface area contributed by atoms with Gasteiger partial charge >= 0.3 is 17.9 Å². The number of aliphatic hydroxyl groups excluding tert-OH is 6. The lowest BCUT2D eigenvalue weighted by molar-refractivity contribution is -0.328. The van der Waals surface area contributed by atoms with Crippen LogP contribution in [0.4, 0.5) is 0 Å². The second-order valence-corrected chi connectivity index (χ2v) is 19.9. The summed E-state index contributed by atoms with van der Waals surface area (Å²) >= 11 is 0. The first-order chi connectivity index (χ1) is 26.4. The predicted molar refractivity (Wildman–Crippen MR) is 204 cm³/mol. The van der Waals surface area contributed by atoms with E-state index >= 15 is 0 Å². The van der Waals surface area contributed by atoms with Crippen molar-refractivity contribution < 1.29 is 69.1 Å². The summed E-state index contributed by atoms with van der Waals surface area (Å²) in [5, 5.41) is 76.2. The van der Waals surface area contributed by atoms with Crippen molar-refractivity contribution in [2.45, 2.75) is 162 Å². The van der Waals surface area contributed by atoms with Crippen LogP contribution in [0.15, 0.2) is 23.3 Å². The number of fused-ring (bicyclic) bond motifs is 7. The quantitative estimate of drug-likeness (QED) is 0.0810. The number of aliphatic hydroxyl groups is 6. The van der Waals surface area contributed by atoms with Gasteiger partial charge in [0, 0.05) is 23.3 Å². The molecule has 5 aliphatic carbocycles. The number of carbonyl (C=O) groups excluding carboxylic acids is 2. The first kappa shape index (κ1) is 44.1. The monoisotopic (exact) mass is 806 g/mol. The zero-order chi connectivity index (χ0) is 42.4. The van der Waals surface area contributed by atoms with Crippen molar-refractivity contribution in [3.8, 4) is 0 Å². The van der Waals surface area contributed by atoms with Crippen LogP contribution in [0.3, 0.4) is 0 Å². The third-order valence-electron chi connectivity index (χ3n) is 16.8. The van der Waals surface area contributed by atoms with Gasteiger partial charge in [0.2, 0.25) is 0 Å². The molecule has 7 N–H and O–H groups in total. The molecule has 0 bridgehead atoms. The number of esters is 2. The van der Waals surface area contributed by atoms with Crippen LogP contribution in [0.5, 0.6) is 0 Å². The van der Waals surface area contributed by atoms with Gasteiger partial charge in [-0.1, -0.05) is 59.3 Å². The third-order valence-corrected chi connectivity index (χ3v) is 16.8. The minimum atomic E-state index is -1.85. The molecular weight excluding hydrogens is 740 g/mol. The van der Waals surface area contributed by atoms with Gasteiger partial charge in [0.15, 0.2) is 12.4 Å². The van der Waals surface area contributed by atoms with Crippen LogP contribution in [0, 0.1) is 50.2 Å². The van der Waals surface area contributed by atoms with Gasteiger partial charge < -0.3 is 54.7 Å². The molecule has 0 amide bonds. The molecule has 1 aliphatic heterocycles. The van der Waals surface area contributed by atoms with E-state index in [4.69, 9.17) is 18.9 Å². The van der Waals surface area contributed by atoms with Crippen LogP contribution in [-0.4, -0.2) is 122 Å². The highest BCUT2D eigenvalue weighted by Gasteiger charge is 2.74. The molecule has 14 heteroatoms. The van der Waals surface area contributed by atoms with Gasteiger partial charge in [-0.3, -0.25) is 4.79 Å². The molecular formula is C43H66O14. The van der Waals surface area contributed by atoms with Crippen molar-refractivity contribution in [1.82, 2.24) is 0 Å². The molecule has 0 aromatic carbocycles. The molecule has 322 valence electrons. The average Bonchev–Trinajstić information content (AvgIpc) is 3.13. The summed E-state index contributed by atoms with van der Waals surface area (Å²) in [6.45, 7) is 16.6. The van der Waals surface area contributed by atoms with Gasteiger partial charge in [-0.2, -0.15) is 0 Å². The van der Waals surface area contributed by atoms with Crippen molar-refractivity contribution in [3.63, 3.8) is 0 Å². The highest BCUT2D eigenvalue weighted by Crippen LogP contribution is 2.76. The van der Waals surface area contributed by atoms with E-state index in [2.05, 4.69) is 26.8 Å². The van der Waals surface area contributed by atoms with Gasteiger partial charge in [-0.25, -0.2) is 9.59 Å². The topological polar surface area (TPSA) is 230 Å². The summed E-state index contributed by atoms with van der Waals surface area (Å²) in [5.74, 6) is -3.01. The maximum Gasteiger partial charge on any atom is 0.335 e. The van der Waals surface area contributed by atoms with E-state index in [0.717, 1.165) is 12.0 Å². The van der Waals surface area contributed by atoms with E-state index in [1.165, 1.54) is 6.92 Å². The Morgan fingerprint density at radius 2 is 1.53 bits per heavy atom. The number of ether oxygens (including phenoxy) is 4. The number of allylic oxidation sites excluding steroid dienone is 3. The number of carboxylic acids is 1. The number of carboxylic acid groups (broad SMARTS) is 1. The number of aliphatic carboxylic acids is 1. The molecule has 1 saturated heterocycles. The SMILES string of the molecule is C/C=C(\C)C(=O)O[C@H]1[C@H](O)[C@@]2(CO)C(CC1(C)C)C1=CCC3[C@@]4(C)CC[C@H](O[C@@H]5O[C@H](C(=O)O)[C@@H](O)[C@H](O)[C@H]5O)[C@@](C)(CO)C4CC[C@@]3(C)[C@]1(C)C[C@@H]2OC(C)=O. The minimum Gasteiger partial charge on any atom is -0.479 e. The van der Waals surface area contributed by atoms with Crippen molar-refractivity contribution >= 4 is 17.9 Å². The van der Waals surface area contributed by atoms with E-state index in [1.807, 2.05) is 20.8 Å². The summed E-state index contributed by atoms with van der Waals surface area (Å²) in [7, 11) is 0. The van der Waals surface area contributed by atoms with E-state index in [1.54, 1.807) is 19.9 Å². The zero-order valence-electron chi connectivity index (χ0n) is 34.9. The van der Waals surface area contributed by atoms with Crippen molar-refractivity contribution in [3.05, 3.63) is 23.3 Å². The standard InChI is InChI=1S/C43H66O14/c1-10-21(2)36(53)57-34-33(50)43(20-45)24(17-38(34,4)5)23-11-12-26-39(6)15-14-27(55-37-31(49)29(47)30(48)32(56-37)35(51)52)40(7,19-44)25(39)13-16-41(26,8)42(23,9)18-28(43)54-22(3)46/h10-11,24-34,37,44-45,47-50H,12-20H2,1-9H3,(H,51,52)/b21-10+/t24?,25?,26?,27-,28-,29-,30-,31+,32-,33-,34-,37+,39-,40-,41+,42+,43-/m0/s1.